The molecule has 0 atom stereocenters. The average Bonchev–Trinajstić information content (AvgIpc) is 2.83. The minimum Gasteiger partial charge on any atom is -0.494 e. The quantitative estimate of drug-likeness (QED) is 0.355. The average molecular weight is 527 g/mol. The molecule has 202 valence electrons. The molecule has 10 nitrogen and oxygen atoms in total. The van der Waals surface area contributed by atoms with Crippen LogP contribution in [0.4, 0.5) is 37.6 Å². The summed E-state index contributed by atoms with van der Waals surface area (Å²) in [4.78, 5) is 24.9. The van der Waals surface area contributed by atoms with Gasteiger partial charge in [-0.05, 0) is 45.5 Å². The van der Waals surface area contributed by atoms with Crippen molar-refractivity contribution in [1.29, 1.82) is 5.26 Å². The molecule has 12 heteroatoms. The van der Waals surface area contributed by atoms with E-state index in [1.807, 2.05) is 26.0 Å². The van der Waals surface area contributed by atoms with Gasteiger partial charge < -0.3 is 30.5 Å². The zero-order valence-corrected chi connectivity index (χ0v) is 21.9. The van der Waals surface area contributed by atoms with Gasteiger partial charge in [-0.25, -0.2) is 13.8 Å². The molecule has 1 aromatic carbocycles. The monoisotopic (exact) mass is 526 g/mol. The molecule has 3 fully saturated rings. The summed E-state index contributed by atoms with van der Waals surface area (Å²) in [5, 5.41) is 18.7. The fraction of sp³-hybridized carbons (Fsp3) is 0.462. The second kappa shape index (κ2) is 10.4. The van der Waals surface area contributed by atoms with E-state index in [4.69, 9.17) is 4.74 Å². The van der Waals surface area contributed by atoms with Gasteiger partial charge in [0.2, 0.25) is 18.3 Å². The van der Waals surface area contributed by atoms with Crippen LogP contribution in [-0.4, -0.2) is 74.1 Å². The number of alkyl halides is 2. The van der Waals surface area contributed by atoms with Gasteiger partial charge in [-0.15, -0.1) is 0 Å². The van der Waals surface area contributed by atoms with Gasteiger partial charge in [-0.1, -0.05) is 6.58 Å². The van der Waals surface area contributed by atoms with Crippen molar-refractivity contribution in [3.05, 3.63) is 36.5 Å². The van der Waals surface area contributed by atoms with Crippen LogP contribution in [0.5, 0.6) is 5.75 Å². The van der Waals surface area contributed by atoms with Crippen LogP contribution in [-0.2, 0) is 4.79 Å². The van der Waals surface area contributed by atoms with Gasteiger partial charge in [0.05, 0.1) is 30.4 Å². The predicted octanol–water partition coefficient (Wildman–Crippen LogP) is 3.82. The van der Waals surface area contributed by atoms with Crippen molar-refractivity contribution in [2.45, 2.75) is 31.2 Å². The SMILES string of the molecule is C=CC(=O)Nc1cc(Nc2ncc(C#N)c(NC34CC(C(F)F)(C3)C4)n2)c(OC)cc1N(C)CCN(C)C. The Hall–Kier alpha value is -3.98. The summed E-state index contributed by atoms with van der Waals surface area (Å²) in [6.07, 6.45) is 1.25. The second-order valence-corrected chi connectivity index (χ2v) is 10.3. The molecule has 0 spiro atoms. The zero-order valence-electron chi connectivity index (χ0n) is 21.9. The number of ether oxygens (including phenoxy) is 1. The lowest BCUT2D eigenvalue weighted by molar-refractivity contribution is -0.204. The summed E-state index contributed by atoms with van der Waals surface area (Å²) >= 11 is 0. The zero-order chi connectivity index (χ0) is 27.7. The maximum atomic E-state index is 13.3. The first-order valence-electron chi connectivity index (χ1n) is 12.2. The normalized spacial score (nSPS) is 21.1. The van der Waals surface area contributed by atoms with Crippen LogP contribution < -0.4 is 25.6 Å². The van der Waals surface area contributed by atoms with Crippen molar-refractivity contribution in [3.8, 4) is 11.8 Å². The molecule has 1 heterocycles. The molecular weight excluding hydrogens is 494 g/mol. The standard InChI is InChI=1S/C26H32F2N8O2/c1-6-21(37)31-17-9-18(20(38-5)10-19(17)36(4)8-7-35(2)3)32-24-30-12-16(11-29)22(33-24)34-26-13-25(14-26,15-26)23(27)28/h6,9-10,12,23H,1,7-8,13-15H2,2-5H3,(H,31,37)(H2,30,32,33,34). The molecule has 0 aliphatic heterocycles. The first-order valence-corrected chi connectivity index (χ1v) is 12.2. The van der Waals surface area contributed by atoms with Crippen molar-refractivity contribution >= 4 is 34.7 Å². The number of carbonyl (C=O) groups is 1. The molecule has 0 saturated heterocycles. The molecule has 1 amide bonds. The lowest BCUT2D eigenvalue weighted by Crippen LogP contribution is -2.73. The molecule has 3 saturated carbocycles. The number of carbonyl (C=O) groups excluding carboxylic acids is 1. The van der Waals surface area contributed by atoms with E-state index in [1.54, 1.807) is 12.1 Å². The first-order chi connectivity index (χ1) is 18.0. The number of nitrogens with one attached hydrogen (secondary N) is 3. The predicted molar refractivity (Wildman–Crippen MR) is 142 cm³/mol. The van der Waals surface area contributed by atoms with E-state index >= 15 is 0 Å². The summed E-state index contributed by atoms with van der Waals surface area (Å²) < 4.78 is 32.1. The van der Waals surface area contributed by atoms with Gasteiger partial charge in [0.1, 0.15) is 23.2 Å². The van der Waals surface area contributed by atoms with Crippen LogP contribution in [0.2, 0.25) is 0 Å². The first kappa shape index (κ1) is 27.1. The van der Waals surface area contributed by atoms with E-state index in [-0.39, 0.29) is 23.2 Å². The minimum absolute atomic E-state index is 0.176. The Morgan fingerprint density at radius 2 is 1.97 bits per heavy atom. The van der Waals surface area contributed by atoms with Crippen molar-refractivity contribution in [2.75, 3.05) is 62.2 Å². The Morgan fingerprint density at radius 3 is 2.55 bits per heavy atom. The Labute approximate surface area is 220 Å². The van der Waals surface area contributed by atoms with E-state index in [0.717, 1.165) is 12.2 Å². The highest BCUT2D eigenvalue weighted by atomic mass is 19.3. The Morgan fingerprint density at radius 1 is 1.26 bits per heavy atom. The number of hydrogen-bond donors (Lipinski definition) is 3. The molecule has 3 aliphatic carbocycles. The Balaban J connectivity index is 1.61. The molecule has 1 aromatic heterocycles. The number of nitriles is 1. The maximum Gasteiger partial charge on any atom is 0.247 e. The molecule has 2 bridgehead atoms. The molecular formula is C26H32F2N8O2. The number of nitrogens with zero attached hydrogens (tertiary/aromatic N) is 5. The Kier molecular flexibility index (Phi) is 7.42. The van der Waals surface area contributed by atoms with Crippen LogP contribution in [0.25, 0.3) is 0 Å². The summed E-state index contributed by atoms with van der Waals surface area (Å²) in [5.74, 6) is 0.570. The van der Waals surface area contributed by atoms with Crippen LogP contribution in [0.1, 0.15) is 24.8 Å². The van der Waals surface area contributed by atoms with Gasteiger partial charge in [0, 0.05) is 37.2 Å². The Bertz CT molecular complexity index is 1260. The van der Waals surface area contributed by atoms with Gasteiger partial charge >= 0.3 is 0 Å². The number of halogens is 2. The summed E-state index contributed by atoms with van der Waals surface area (Å²) in [5.41, 5.74) is 0.590. The molecule has 0 radical (unpaired) electrons. The third-order valence-corrected chi connectivity index (χ3v) is 7.13. The number of aromatic nitrogens is 2. The van der Waals surface area contributed by atoms with Gasteiger partial charge in [0.15, 0.2) is 0 Å². The lowest BCUT2D eigenvalue weighted by Gasteiger charge is -2.70. The number of amides is 1. The van der Waals surface area contributed by atoms with Crippen molar-refractivity contribution in [2.24, 2.45) is 5.41 Å². The number of hydrogen-bond acceptors (Lipinski definition) is 9. The van der Waals surface area contributed by atoms with Crippen molar-refractivity contribution < 1.29 is 18.3 Å². The number of rotatable bonds is 12. The third-order valence-electron chi connectivity index (χ3n) is 7.13. The largest absolute Gasteiger partial charge is 0.494 e. The fourth-order valence-corrected chi connectivity index (χ4v) is 5.13. The topological polar surface area (TPSA) is 118 Å². The molecule has 3 aliphatic rings. The van der Waals surface area contributed by atoms with Gasteiger partial charge in [-0.3, -0.25) is 4.79 Å². The van der Waals surface area contributed by atoms with E-state index in [9.17, 15) is 18.8 Å². The highest BCUT2D eigenvalue weighted by molar-refractivity contribution is 6.02. The lowest BCUT2D eigenvalue weighted by atomic mass is 9.39. The smallest absolute Gasteiger partial charge is 0.247 e. The molecule has 3 N–H and O–H groups in total. The van der Waals surface area contributed by atoms with Crippen molar-refractivity contribution in [1.82, 2.24) is 14.9 Å². The summed E-state index contributed by atoms with van der Waals surface area (Å²) in [6, 6.07) is 5.56. The molecule has 38 heavy (non-hydrogen) atoms. The summed E-state index contributed by atoms with van der Waals surface area (Å²) in [6.45, 7) is 5.02. The highest BCUT2D eigenvalue weighted by Gasteiger charge is 2.72. The number of benzene rings is 1. The van der Waals surface area contributed by atoms with Crippen molar-refractivity contribution in [3.63, 3.8) is 0 Å². The number of likely N-dealkylation sites (N-methyl/N-ethyl adjacent to an activating group) is 2. The molecule has 0 unspecified atom stereocenters. The molecule has 5 rings (SSSR count). The van der Waals surface area contributed by atoms with Crippen LogP contribution in [0.3, 0.4) is 0 Å². The van der Waals surface area contributed by atoms with E-state index in [1.165, 1.54) is 19.4 Å². The highest BCUT2D eigenvalue weighted by Crippen LogP contribution is 2.70. The van der Waals surface area contributed by atoms with E-state index in [0.29, 0.717) is 42.9 Å². The van der Waals surface area contributed by atoms with Gasteiger partial charge in [-0.2, -0.15) is 10.2 Å². The minimum atomic E-state index is -2.35. The van der Waals surface area contributed by atoms with Crippen LogP contribution >= 0.6 is 0 Å². The maximum absolute atomic E-state index is 13.3. The summed E-state index contributed by atoms with van der Waals surface area (Å²) in [7, 11) is 7.40. The van der Waals surface area contributed by atoms with E-state index < -0.39 is 17.4 Å². The number of anilines is 5. The van der Waals surface area contributed by atoms with E-state index in [2.05, 4.69) is 43.5 Å². The number of methoxy groups -OCH3 is 1. The van der Waals surface area contributed by atoms with Crippen LogP contribution in [0.15, 0.2) is 31.0 Å². The second-order valence-electron chi connectivity index (χ2n) is 10.3. The third kappa shape index (κ3) is 5.19. The fourth-order valence-electron chi connectivity index (χ4n) is 5.13. The molecule has 2 aromatic rings. The van der Waals surface area contributed by atoms with Crippen LogP contribution in [0, 0.1) is 16.7 Å². The van der Waals surface area contributed by atoms with Gasteiger partial charge in [0.25, 0.3) is 0 Å².